The van der Waals surface area contributed by atoms with Crippen LogP contribution >= 0.6 is 0 Å². The lowest BCUT2D eigenvalue weighted by Crippen LogP contribution is -2.06. The summed E-state index contributed by atoms with van der Waals surface area (Å²) < 4.78 is 4.56. The maximum absolute atomic E-state index is 5.38. The Bertz CT molecular complexity index is 3030. The second-order valence-corrected chi connectivity index (χ2v) is 12.9. The summed E-state index contributed by atoms with van der Waals surface area (Å²) in [6.07, 6.45) is 3.62. The predicted octanol–water partition coefficient (Wildman–Crippen LogP) is 11.8. The molecule has 0 spiro atoms. The third kappa shape index (κ3) is 4.33. The van der Waals surface area contributed by atoms with E-state index in [1.807, 2.05) is 30.3 Å². The lowest BCUT2D eigenvalue weighted by Gasteiger charge is -2.15. The Kier molecular flexibility index (Phi) is 6.73. The minimum absolute atomic E-state index is 0.563. The van der Waals surface area contributed by atoms with Crippen molar-refractivity contribution in [3.05, 3.63) is 176 Å². The number of hydrogen-bond donors (Lipinski definition) is 0. The average Bonchev–Trinajstić information content (AvgIpc) is 3.78. The Morgan fingerprint density at radius 2 is 1.06 bits per heavy atom. The zero-order valence-corrected chi connectivity index (χ0v) is 28.2. The summed E-state index contributed by atoms with van der Waals surface area (Å²) in [6, 6.07) is 52.9. The topological polar surface area (TPSA) is 48.5 Å². The van der Waals surface area contributed by atoms with E-state index in [-0.39, 0.29) is 0 Å². The lowest BCUT2D eigenvalue weighted by molar-refractivity contribution is 0.985. The Labute approximate surface area is 300 Å². The van der Waals surface area contributed by atoms with Crippen LogP contribution in [-0.4, -0.2) is 24.1 Å². The van der Waals surface area contributed by atoms with E-state index in [9.17, 15) is 0 Å². The molecule has 7 aromatic carbocycles. The van der Waals surface area contributed by atoms with Gasteiger partial charge in [-0.15, -0.1) is 0 Å². The zero-order chi connectivity index (χ0) is 34.8. The summed E-state index contributed by atoms with van der Waals surface area (Å²) in [5.74, 6) is 1.44. The molecule has 0 saturated heterocycles. The highest BCUT2D eigenvalue weighted by molar-refractivity contribution is 6.35. The normalized spacial score (nSPS) is 11.6. The Morgan fingerprint density at radius 1 is 0.462 bits per heavy atom. The van der Waals surface area contributed by atoms with Gasteiger partial charge in [-0.05, 0) is 46.5 Å². The van der Waals surface area contributed by atoms with Gasteiger partial charge in [0.1, 0.15) is 5.82 Å². The monoisotopic (exact) mass is 665 g/mol. The van der Waals surface area contributed by atoms with Crippen LogP contribution in [0.1, 0.15) is 11.3 Å². The molecule has 244 valence electrons. The van der Waals surface area contributed by atoms with Crippen LogP contribution in [-0.2, 0) is 0 Å². The SMILES string of the molecule is C=Cc1nc(-n2c3ccc4nc(-c5ccccc5)n(-c5ccccc5)c4c3c3c4ccccc4c4ccccc4c32)nc(-c2ccccc2)c1C=C. The van der Waals surface area contributed by atoms with E-state index in [0.717, 1.165) is 83.2 Å². The van der Waals surface area contributed by atoms with Gasteiger partial charge >= 0.3 is 0 Å². The smallest absolute Gasteiger partial charge is 0.235 e. The summed E-state index contributed by atoms with van der Waals surface area (Å²) in [4.78, 5) is 15.9. The fourth-order valence-corrected chi connectivity index (χ4v) is 7.88. The maximum Gasteiger partial charge on any atom is 0.235 e. The standard InChI is InChI=1S/C47H31N5/c1-3-33-38(4-2)49-47(50-43(33)30-18-8-5-9-19-30)52-40-29-28-39-45(51(32-22-12-7-13-23-32)46(48-39)31-20-10-6-11-21-31)42(40)41-36-26-16-14-24-34(36)35-25-15-17-27-37(35)44(41)52/h3-29H,1-2H2. The van der Waals surface area contributed by atoms with Crippen LogP contribution < -0.4 is 0 Å². The van der Waals surface area contributed by atoms with Crippen molar-refractivity contribution >= 4 is 66.5 Å². The fraction of sp³-hybridized carbons (Fsp3) is 0. The highest BCUT2D eigenvalue weighted by atomic mass is 15.2. The van der Waals surface area contributed by atoms with Gasteiger partial charge in [0.15, 0.2) is 0 Å². The van der Waals surface area contributed by atoms with Crippen molar-refractivity contribution < 1.29 is 0 Å². The Hall–Kier alpha value is -7.11. The summed E-state index contributed by atoms with van der Waals surface area (Å²) in [5, 5.41) is 6.85. The van der Waals surface area contributed by atoms with Gasteiger partial charge in [0.05, 0.1) is 33.5 Å². The first kappa shape index (κ1) is 29.8. The zero-order valence-electron chi connectivity index (χ0n) is 28.2. The number of rotatable bonds is 6. The van der Waals surface area contributed by atoms with Crippen molar-refractivity contribution in [3.8, 4) is 34.3 Å². The van der Waals surface area contributed by atoms with Gasteiger partial charge in [0, 0.05) is 38.5 Å². The second kappa shape index (κ2) is 11.8. The molecule has 0 atom stereocenters. The number of aromatic nitrogens is 5. The van der Waals surface area contributed by atoms with Gasteiger partial charge in [0.25, 0.3) is 0 Å². The van der Waals surface area contributed by atoms with Gasteiger partial charge in [-0.25, -0.2) is 15.0 Å². The molecular formula is C47H31N5. The fourth-order valence-electron chi connectivity index (χ4n) is 7.88. The first-order chi connectivity index (χ1) is 25.7. The van der Waals surface area contributed by atoms with Gasteiger partial charge in [-0.2, -0.15) is 0 Å². The molecule has 5 nitrogen and oxygen atoms in total. The highest BCUT2D eigenvalue weighted by Gasteiger charge is 2.26. The minimum atomic E-state index is 0.563. The third-order valence-electron chi connectivity index (χ3n) is 10.1. The molecule has 3 aromatic heterocycles. The third-order valence-corrected chi connectivity index (χ3v) is 10.1. The molecule has 52 heavy (non-hydrogen) atoms. The van der Waals surface area contributed by atoms with E-state index >= 15 is 0 Å². The Balaban J connectivity index is 1.47. The first-order valence-electron chi connectivity index (χ1n) is 17.4. The van der Waals surface area contributed by atoms with E-state index < -0.39 is 0 Å². The maximum atomic E-state index is 5.38. The number of imidazole rings is 1. The second-order valence-electron chi connectivity index (χ2n) is 12.9. The molecule has 0 fully saturated rings. The molecule has 0 bridgehead atoms. The molecule has 0 radical (unpaired) electrons. The van der Waals surface area contributed by atoms with Gasteiger partial charge in [0.2, 0.25) is 5.95 Å². The van der Waals surface area contributed by atoms with E-state index in [1.54, 1.807) is 6.08 Å². The molecule has 0 saturated carbocycles. The number of fused-ring (bicyclic) bond motifs is 10. The molecule has 3 heterocycles. The van der Waals surface area contributed by atoms with Gasteiger partial charge in [-0.1, -0.05) is 147 Å². The largest absolute Gasteiger partial charge is 0.292 e. The molecule has 0 N–H and O–H groups in total. The van der Waals surface area contributed by atoms with Gasteiger partial charge < -0.3 is 0 Å². The Morgan fingerprint density at radius 3 is 1.73 bits per heavy atom. The summed E-state index contributed by atoms with van der Waals surface area (Å²) in [7, 11) is 0. The molecule has 10 aromatic rings. The quantitative estimate of drug-likeness (QED) is 0.166. The van der Waals surface area contributed by atoms with Crippen molar-refractivity contribution in [2.45, 2.75) is 0 Å². The number of hydrogen-bond acceptors (Lipinski definition) is 3. The molecule has 0 unspecified atom stereocenters. The molecular weight excluding hydrogens is 635 g/mol. The summed E-state index contributed by atoms with van der Waals surface area (Å²) >= 11 is 0. The number of para-hydroxylation sites is 1. The molecule has 0 amide bonds. The van der Waals surface area contributed by atoms with E-state index in [4.69, 9.17) is 15.0 Å². The van der Waals surface area contributed by atoms with Crippen LogP contribution in [0.25, 0.3) is 101 Å². The molecule has 5 heteroatoms. The average molecular weight is 666 g/mol. The van der Waals surface area contributed by atoms with Crippen LogP contribution in [0.4, 0.5) is 0 Å². The molecule has 0 aliphatic heterocycles. The molecule has 0 aliphatic rings. The van der Waals surface area contributed by atoms with Crippen molar-refractivity contribution in [2.24, 2.45) is 0 Å². The minimum Gasteiger partial charge on any atom is -0.292 e. The van der Waals surface area contributed by atoms with Crippen molar-refractivity contribution in [1.82, 2.24) is 24.1 Å². The summed E-state index contributed by atoms with van der Waals surface area (Å²) in [6.45, 7) is 8.32. The van der Waals surface area contributed by atoms with Crippen LogP contribution in [0, 0.1) is 0 Å². The molecule has 10 rings (SSSR count). The van der Waals surface area contributed by atoms with Crippen LogP contribution in [0.2, 0.25) is 0 Å². The first-order valence-corrected chi connectivity index (χ1v) is 17.4. The number of nitrogens with zero attached hydrogens (tertiary/aromatic N) is 5. The van der Waals surface area contributed by atoms with E-state index in [0.29, 0.717) is 5.95 Å². The van der Waals surface area contributed by atoms with Crippen LogP contribution in [0.3, 0.4) is 0 Å². The van der Waals surface area contributed by atoms with Crippen molar-refractivity contribution in [1.29, 1.82) is 0 Å². The van der Waals surface area contributed by atoms with Crippen molar-refractivity contribution in [3.63, 3.8) is 0 Å². The summed E-state index contributed by atoms with van der Waals surface area (Å²) in [5.41, 5.74) is 9.40. The van der Waals surface area contributed by atoms with Crippen LogP contribution in [0.15, 0.2) is 165 Å². The predicted molar refractivity (Wildman–Crippen MR) is 217 cm³/mol. The molecule has 0 aliphatic carbocycles. The van der Waals surface area contributed by atoms with Gasteiger partial charge in [-0.3, -0.25) is 9.13 Å². The lowest BCUT2D eigenvalue weighted by atomic mass is 9.96. The van der Waals surface area contributed by atoms with Crippen molar-refractivity contribution in [2.75, 3.05) is 0 Å². The van der Waals surface area contributed by atoms with Crippen LogP contribution in [0.5, 0.6) is 0 Å². The number of benzene rings is 7. The highest BCUT2D eigenvalue weighted by Crippen LogP contribution is 2.46. The van der Waals surface area contributed by atoms with E-state index in [1.165, 1.54) is 10.8 Å². The van der Waals surface area contributed by atoms with E-state index in [2.05, 4.69) is 150 Å².